The SMILES string of the molecule is CC#Cc1cc2c3c(c1)c(=O)c(C(=O)NCc1ccc(C)cc1)cn3C(c1ccccc1)CN2C.CCCc1cc2c3c(c1)c(=O)c(C(=O)NCc1ccc(C)cc1)cn3C(c1ccccc1)CN2C. The van der Waals surface area contributed by atoms with E-state index in [1.807, 2.05) is 124 Å². The first-order valence-corrected chi connectivity index (χ1v) is 24.0. The van der Waals surface area contributed by atoms with Crippen LogP contribution >= 0.6 is 0 Å². The molecule has 2 atom stereocenters. The fourth-order valence-electron chi connectivity index (χ4n) is 9.79. The van der Waals surface area contributed by atoms with Crippen molar-refractivity contribution in [3.8, 4) is 11.8 Å². The van der Waals surface area contributed by atoms with E-state index >= 15 is 0 Å². The Labute approximate surface area is 409 Å². The molecule has 8 aromatic rings. The minimum absolute atomic E-state index is 0.00234. The number of anilines is 2. The van der Waals surface area contributed by atoms with E-state index in [-0.39, 0.29) is 45.9 Å². The molecule has 0 bridgehead atoms. The number of hydrogen-bond donors (Lipinski definition) is 2. The molecule has 0 saturated carbocycles. The van der Waals surface area contributed by atoms with Gasteiger partial charge in [-0.25, -0.2) is 0 Å². The van der Waals surface area contributed by atoms with Crippen molar-refractivity contribution >= 4 is 45.0 Å². The largest absolute Gasteiger partial charge is 0.370 e. The van der Waals surface area contributed by atoms with Crippen molar-refractivity contribution < 1.29 is 9.59 Å². The summed E-state index contributed by atoms with van der Waals surface area (Å²) < 4.78 is 4.23. The number of pyridine rings is 2. The van der Waals surface area contributed by atoms with E-state index in [0.29, 0.717) is 30.4 Å². The zero-order chi connectivity index (χ0) is 49.1. The Bertz CT molecular complexity index is 3440. The Hall–Kier alpha value is -8.16. The lowest BCUT2D eigenvalue weighted by molar-refractivity contribution is 0.0941. The van der Waals surface area contributed by atoms with Crippen molar-refractivity contribution in [3.05, 3.63) is 222 Å². The second-order valence-electron chi connectivity index (χ2n) is 18.5. The van der Waals surface area contributed by atoms with E-state index in [1.54, 1.807) is 19.3 Å². The average Bonchev–Trinajstić information content (AvgIpc) is 3.37. The first-order valence-electron chi connectivity index (χ1n) is 24.0. The van der Waals surface area contributed by atoms with Crippen molar-refractivity contribution in [3.63, 3.8) is 0 Å². The normalized spacial score (nSPS) is 14.6. The van der Waals surface area contributed by atoms with Gasteiger partial charge in [0, 0.05) is 69.0 Å². The minimum atomic E-state index is -0.375. The number of rotatable bonds is 10. The van der Waals surface area contributed by atoms with E-state index in [4.69, 9.17) is 0 Å². The van der Waals surface area contributed by atoms with E-state index in [2.05, 4.69) is 85.7 Å². The van der Waals surface area contributed by atoms with Crippen LogP contribution in [0.4, 0.5) is 11.4 Å². The number of aryl methyl sites for hydroxylation is 3. The predicted molar refractivity (Wildman–Crippen MR) is 283 cm³/mol. The quantitative estimate of drug-likeness (QED) is 0.132. The summed E-state index contributed by atoms with van der Waals surface area (Å²) in [6.45, 7) is 10.2. The molecule has 352 valence electrons. The molecular formula is C60H58N6O4. The van der Waals surface area contributed by atoms with E-state index in [9.17, 15) is 19.2 Å². The average molecular weight is 927 g/mol. The predicted octanol–water partition coefficient (Wildman–Crippen LogP) is 9.88. The van der Waals surface area contributed by atoms with Crippen LogP contribution in [0.2, 0.25) is 0 Å². The van der Waals surface area contributed by atoms with Crippen molar-refractivity contribution in [2.24, 2.45) is 0 Å². The molecule has 0 radical (unpaired) electrons. The summed E-state index contributed by atoms with van der Waals surface area (Å²) in [7, 11) is 4.11. The number of amides is 2. The highest BCUT2D eigenvalue weighted by molar-refractivity contribution is 6.02. The molecule has 10 heteroatoms. The molecule has 0 fully saturated rings. The summed E-state index contributed by atoms with van der Waals surface area (Å²) in [5, 5.41) is 7.02. The van der Waals surface area contributed by atoms with Gasteiger partial charge in [-0.1, -0.05) is 140 Å². The molecule has 2 unspecified atom stereocenters. The molecule has 6 aromatic carbocycles. The van der Waals surface area contributed by atoms with Gasteiger partial charge >= 0.3 is 0 Å². The summed E-state index contributed by atoms with van der Waals surface area (Å²) in [4.78, 5) is 58.3. The van der Waals surface area contributed by atoms with Crippen LogP contribution in [0.3, 0.4) is 0 Å². The van der Waals surface area contributed by atoms with Crippen LogP contribution in [-0.4, -0.2) is 48.1 Å². The van der Waals surface area contributed by atoms with Gasteiger partial charge in [0.1, 0.15) is 11.1 Å². The number of benzene rings is 6. The molecular weight excluding hydrogens is 869 g/mol. The highest BCUT2D eigenvalue weighted by Gasteiger charge is 2.31. The topological polar surface area (TPSA) is 109 Å². The highest BCUT2D eigenvalue weighted by atomic mass is 16.2. The molecule has 10 rings (SSSR count). The number of likely N-dealkylation sites (N-methyl/N-ethyl adjacent to an activating group) is 2. The van der Waals surface area contributed by atoms with Crippen LogP contribution in [-0.2, 0) is 19.5 Å². The van der Waals surface area contributed by atoms with Gasteiger partial charge in [-0.15, -0.1) is 5.92 Å². The van der Waals surface area contributed by atoms with Gasteiger partial charge in [-0.3, -0.25) is 19.2 Å². The monoisotopic (exact) mass is 926 g/mol. The molecule has 2 aromatic heterocycles. The molecule has 2 aliphatic rings. The number of carbonyl (C=O) groups excluding carboxylic acids is 2. The molecule has 0 aliphatic carbocycles. The smallest absolute Gasteiger partial charge is 0.257 e. The van der Waals surface area contributed by atoms with Crippen LogP contribution < -0.4 is 31.3 Å². The second kappa shape index (κ2) is 20.2. The summed E-state index contributed by atoms with van der Waals surface area (Å²) in [6.07, 6.45) is 5.38. The van der Waals surface area contributed by atoms with E-state index in [0.717, 1.165) is 80.7 Å². The number of nitrogens with one attached hydrogen (secondary N) is 2. The summed E-state index contributed by atoms with van der Waals surface area (Å²) >= 11 is 0. The number of aromatic nitrogens is 2. The third-order valence-corrected chi connectivity index (χ3v) is 13.5. The maximum absolute atomic E-state index is 13.7. The van der Waals surface area contributed by atoms with Gasteiger partial charge in [0.15, 0.2) is 0 Å². The molecule has 70 heavy (non-hydrogen) atoms. The lowest BCUT2D eigenvalue weighted by atomic mass is 9.97. The summed E-state index contributed by atoms with van der Waals surface area (Å²) in [5.74, 6) is 5.29. The van der Waals surface area contributed by atoms with E-state index < -0.39 is 0 Å². The number of hydrogen-bond acceptors (Lipinski definition) is 6. The van der Waals surface area contributed by atoms with Gasteiger partial charge in [0.05, 0.1) is 34.5 Å². The molecule has 4 heterocycles. The van der Waals surface area contributed by atoms with E-state index in [1.165, 1.54) is 5.56 Å². The fraction of sp³-hybridized carbons (Fsp3) is 0.233. The molecule has 2 N–H and O–H groups in total. The van der Waals surface area contributed by atoms with Crippen molar-refractivity contribution in [1.29, 1.82) is 0 Å². The lowest BCUT2D eigenvalue weighted by Gasteiger charge is -2.36. The van der Waals surface area contributed by atoms with Crippen LogP contribution in [0, 0.1) is 25.7 Å². The van der Waals surface area contributed by atoms with Crippen molar-refractivity contribution in [1.82, 2.24) is 19.8 Å². The first-order chi connectivity index (χ1) is 33.9. The van der Waals surface area contributed by atoms with Crippen molar-refractivity contribution in [2.45, 2.75) is 65.7 Å². The number of nitrogens with zero attached hydrogens (tertiary/aromatic N) is 4. The fourth-order valence-corrected chi connectivity index (χ4v) is 9.79. The minimum Gasteiger partial charge on any atom is -0.370 e. The summed E-state index contributed by atoms with van der Waals surface area (Å²) in [5.41, 5.74) is 12.0. The summed E-state index contributed by atoms with van der Waals surface area (Å²) in [6, 6.07) is 44.5. The Morgan fingerprint density at radius 2 is 1.03 bits per heavy atom. The molecule has 2 aliphatic heterocycles. The lowest BCUT2D eigenvalue weighted by Crippen LogP contribution is -2.36. The molecule has 10 nitrogen and oxygen atoms in total. The van der Waals surface area contributed by atoms with Gasteiger partial charge in [0.25, 0.3) is 11.8 Å². The van der Waals surface area contributed by atoms with Crippen LogP contribution in [0.25, 0.3) is 21.8 Å². The molecule has 0 saturated heterocycles. The highest BCUT2D eigenvalue weighted by Crippen LogP contribution is 2.38. The number of carbonyl (C=O) groups is 2. The first kappa shape index (κ1) is 46.9. The zero-order valence-corrected chi connectivity index (χ0v) is 40.7. The maximum Gasteiger partial charge on any atom is 0.257 e. The maximum atomic E-state index is 13.7. The Balaban J connectivity index is 0.000000174. The van der Waals surface area contributed by atoms with Crippen LogP contribution in [0.15, 0.2) is 155 Å². The zero-order valence-electron chi connectivity index (χ0n) is 40.7. The van der Waals surface area contributed by atoms with Crippen LogP contribution in [0.5, 0.6) is 0 Å². The van der Waals surface area contributed by atoms with Gasteiger partial charge in [-0.05, 0) is 79.3 Å². The molecule has 0 spiro atoms. The molecule has 2 amide bonds. The van der Waals surface area contributed by atoms with Gasteiger partial charge < -0.3 is 29.6 Å². The Morgan fingerprint density at radius 3 is 1.47 bits per heavy atom. The van der Waals surface area contributed by atoms with Gasteiger partial charge in [0.2, 0.25) is 10.9 Å². The third-order valence-electron chi connectivity index (χ3n) is 13.5. The van der Waals surface area contributed by atoms with Crippen molar-refractivity contribution in [2.75, 3.05) is 37.0 Å². The second-order valence-corrected chi connectivity index (χ2v) is 18.5. The third kappa shape index (κ3) is 9.48. The standard InChI is InChI=1S/C30H31N3O2.C30H27N3O2/c2*1-4-8-22-15-24-28-26(16-22)32(3)19-27(23-9-6-5-7-10-23)33(28)18-25(29(24)34)30(35)31-17-21-13-11-20(2)12-14-21/h5-7,9-16,18,27H,4,8,17,19H2,1-3H3,(H,31,35);5-7,9-16,18,27H,17,19H2,1-3H3,(H,31,35). The van der Waals surface area contributed by atoms with Crippen LogP contribution in [0.1, 0.15) is 97.6 Å². The van der Waals surface area contributed by atoms with Gasteiger partial charge in [-0.2, -0.15) is 0 Å². The Morgan fingerprint density at radius 1 is 0.586 bits per heavy atom. The Kier molecular flexibility index (Phi) is 13.5.